The normalized spacial score (nSPS) is 11.4. The van der Waals surface area contributed by atoms with Crippen LogP contribution in [0.2, 0.25) is 5.02 Å². The maximum Gasteiger partial charge on any atom is 0.363 e. The summed E-state index contributed by atoms with van der Waals surface area (Å²) in [7, 11) is -3.98. The summed E-state index contributed by atoms with van der Waals surface area (Å²) < 4.78 is 29.1. The zero-order valence-corrected chi connectivity index (χ0v) is 13.0. The van der Waals surface area contributed by atoms with Crippen LogP contribution in [0.3, 0.4) is 0 Å². The smallest absolute Gasteiger partial charge is 0.358 e. The highest BCUT2D eigenvalue weighted by Gasteiger charge is 2.21. The van der Waals surface area contributed by atoms with E-state index in [0.29, 0.717) is 11.1 Å². The highest BCUT2D eigenvalue weighted by Crippen LogP contribution is 2.31. The predicted molar refractivity (Wildman–Crippen MR) is 80.1 cm³/mol. The third-order valence-electron chi connectivity index (χ3n) is 2.73. The maximum atomic E-state index is 12.1. The predicted octanol–water partition coefficient (Wildman–Crippen LogP) is 3.04. The number of hydrogen-bond acceptors (Lipinski definition) is 6. The largest absolute Gasteiger partial charge is 0.363 e. The number of nitrogens with zero attached hydrogens (tertiary/aromatic N) is 2. The molecule has 0 bridgehead atoms. The van der Waals surface area contributed by atoms with Crippen molar-refractivity contribution in [2.24, 2.45) is 0 Å². The lowest BCUT2D eigenvalue weighted by atomic mass is 10.1. The van der Waals surface area contributed by atoms with Gasteiger partial charge in [0.25, 0.3) is 10.1 Å². The number of pyridine rings is 1. The van der Waals surface area contributed by atoms with E-state index < -0.39 is 15.0 Å². The van der Waals surface area contributed by atoms with Crippen molar-refractivity contribution in [1.82, 2.24) is 4.98 Å². The quantitative estimate of drug-likeness (QED) is 0.470. The summed E-state index contributed by atoms with van der Waals surface area (Å²) in [5.74, 6) is -0.327. The van der Waals surface area contributed by atoms with Crippen molar-refractivity contribution in [3.05, 3.63) is 51.7 Å². The van der Waals surface area contributed by atoms with Crippen molar-refractivity contribution in [3.63, 3.8) is 0 Å². The van der Waals surface area contributed by atoms with E-state index in [1.54, 1.807) is 6.92 Å². The van der Waals surface area contributed by atoms with E-state index in [2.05, 4.69) is 4.98 Å². The van der Waals surface area contributed by atoms with Crippen molar-refractivity contribution in [1.29, 1.82) is 0 Å². The third-order valence-corrected chi connectivity index (χ3v) is 4.39. The molecule has 7 nitrogen and oxygen atoms in total. The summed E-state index contributed by atoms with van der Waals surface area (Å²) in [6, 6.07) is 6.89. The first-order valence-corrected chi connectivity index (χ1v) is 7.93. The first-order valence-electron chi connectivity index (χ1n) is 6.15. The molecule has 1 aromatic carbocycles. The van der Waals surface area contributed by atoms with Gasteiger partial charge in [0, 0.05) is 22.2 Å². The Balaban J connectivity index is 2.58. The molecule has 0 N–H and O–H groups in total. The molecule has 0 aliphatic heterocycles. The molecule has 0 aliphatic rings. The van der Waals surface area contributed by atoms with E-state index in [1.165, 1.54) is 36.5 Å². The van der Waals surface area contributed by atoms with Crippen LogP contribution in [-0.2, 0) is 14.3 Å². The molecule has 0 amide bonds. The fourth-order valence-corrected chi connectivity index (χ4v) is 3.21. The molecule has 0 saturated carbocycles. The standard InChI is InChI=1S/C13H11ClN2O5S/c1-2-21-22(19,20)12-7-10(14)4-5-11(12)9-3-6-13(15-8-9)16(17)18/h3-8H,2H2,1H3. The molecule has 0 spiro atoms. The van der Waals surface area contributed by atoms with E-state index in [9.17, 15) is 18.5 Å². The molecule has 22 heavy (non-hydrogen) atoms. The van der Waals surface area contributed by atoms with Crippen molar-refractivity contribution in [2.75, 3.05) is 6.61 Å². The summed E-state index contributed by atoms with van der Waals surface area (Å²) in [6.45, 7) is 1.53. The molecule has 0 aliphatic carbocycles. The molecule has 1 aromatic heterocycles. The van der Waals surface area contributed by atoms with Gasteiger partial charge >= 0.3 is 5.82 Å². The van der Waals surface area contributed by atoms with Crippen molar-refractivity contribution < 1.29 is 17.5 Å². The Kier molecular flexibility index (Phi) is 4.74. The average Bonchev–Trinajstić information content (AvgIpc) is 2.47. The monoisotopic (exact) mass is 342 g/mol. The Bertz CT molecular complexity index is 806. The van der Waals surface area contributed by atoms with Crippen LogP contribution in [0.25, 0.3) is 11.1 Å². The highest BCUT2D eigenvalue weighted by molar-refractivity contribution is 7.87. The molecule has 116 valence electrons. The molecular formula is C13H11ClN2O5S. The molecular weight excluding hydrogens is 332 g/mol. The average molecular weight is 343 g/mol. The van der Waals surface area contributed by atoms with Gasteiger partial charge in [0.05, 0.1) is 6.61 Å². The minimum absolute atomic E-state index is 0.0210. The summed E-state index contributed by atoms with van der Waals surface area (Å²) in [4.78, 5) is 13.5. The zero-order valence-electron chi connectivity index (χ0n) is 11.4. The van der Waals surface area contributed by atoms with Crippen LogP contribution in [0.5, 0.6) is 0 Å². The van der Waals surface area contributed by atoms with Gasteiger partial charge in [-0.2, -0.15) is 8.42 Å². The molecule has 0 saturated heterocycles. The maximum absolute atomic E-state index is 12.1. The second-order valence-electron chi connectivity index (χ2n) is 4.16. The Hall–Kier alpha value is -2.03. The van der Waals surface area contributed by atoms with Gasteiger partial charge in [-0.15, -0.1) is 0 Å². The highest BCUT2D eigenvalue weighted by atomic mass is 35.5. The fourth-order valence-electron chi connectivity index (χ4n) is 1.81. The summed E-state index contributed by atoms with van der Waals surface area (Å²) in [5, 5.41) is 10.8. The number of benzene rings is 1. The van der Waals surface area contributed by atoms with Gasteiger partial charge in [0.15, 0.2) is 0 Å². The van der Waals surface area contributed by atoms with Gasteiger partial charge in [-0.3, -0.25) is 4.18 Å². The van der Waals surface area contributed by atoms with Crippen LogP contribution >= 0.6 is 11.6 Å². The van der Waals surface area contributed by atoms with Crippen molar-refractivity contribution in [2.45, 2.75) is 11.8 Å². The molecule has 0 radical (unpaired) electrons. The third kappa shape index (κ3) is 3.41. The first-order chi connectivity index (χ1) is 10.3. The van der Waals surface area contributed by atoms with Gasteiger partial charge in [-0.1, -0.05) is 17.7 Å². The van der Waals surface area contributed by atoms with E-state index >= 15 is 0 Å². The Morgan fingerprint density at radius 1 is 1.32 bits per heavy atom. The van der Waals surface area contributed by atoms with E-state index in [0.717, 1.165) is 0 Å². The minimum Gasteiger partial charge on any atom is -0.358 e. The van der Waals surface area contributed by atoms with Crippen LogP contribution in [-0.4, -0.2) is 24.9 Å². The molecule has 2 aromatic rings. The Morgan fingerprint density at radius 2 is 2.05 bits per heavy atom. The van der Waals surface area contributed by atoms with Gasteiger partial charge in [0.2, 0.25) is 0 Å². The second-order valence-corrected chi connectivity index (χ2v) is 6.18. The van der Waals surface area contributed by atoms with Gasteiger partial charge in [0.1, 0.15) is 11.1 Å². The Labute approximate surface area is 131 Å². The second kappa shape index (κ2) is 6.39. The molecule has 0 fully saturated rings. The van der Waals surface area contributed by atoms with E-state index in [-0.39, 0.29) is 22.3 Å². The molecule has 9 heteroatoms. The number of rotatable bonds is 5. The van der Waals surface area contributed by atoms with Crippen LogP contribution in [0.4, 0.5) is 5.82 Å². The van der Waals surface area contributed by atoms with Gasteiger partial charge in [-0.25, -0.2) is 0 Å². The lowest BCUT2D eigenvalue weighted by Crippen LogP contribution is -2.07. The topological polar surface area (TPSA) is 99.4 Å². The Morgan fingerprint density at radius 3 is 2.59 bits per heavy atom. The summed E-state index contributed by atoms with van der Waals surface area (Å²) in [5.41, 5.74) is 0.709. The number of aromatic nitrogens is 1. The van der Waals surface area contributed by atoms with E-state index in [4.69, 9.17) is 15.8 Å². The number of halogens is 1. The minimum atomic E-state index is -3.98. The van der Waals surface area contributed by atoms with Crippen LogP contribution in [0.15, 0.2) is 41.4 Å². The van der Waals surface area contributed by atoms with Crippen molar-refractivity contribution in [3.8, 4) is 11.1 Å². The zero-order chi connectivity index (χ0) is 16.3. The van der Waals surface area contributed by atoms with Gasteiger partial charge in [-0.05, 0) is 35.0 Å². The molecule has 1 heterocycles. The lowest BCUT2D eigenvalue weighted by molar-refractivity contribution is -0.389. The SMILES string of the molecule is CCOS(=O)(=O)c1cc(Cl)ccc1-c1ccc([N+](=O)[O-])nc1. The van der Waals surface area contributed by atoms with Crippen molar-refractivity contribution >= 4 is 27.5 Å². The summed E-state index contributed by atoms with van der Waals surface area (Å²) in [6.07, 6.45) is 1.23. The lowest BCUT2D eigenvalue weighted by Gasteiger charge is -2.09. The molecule has 0 atom stereocenters. The summed E-state index contributed by atoms with van der Waals surface area (Å²) >= 11 is 5.85. The van der Waals surface area contributed by atoms with Gasteiger partial charge < -0.3 is 10.1 Å². The molecule has 0 unspecified atom stereocenters. The van der Waals surface area contributed by atoms with Crippen LogP contribution in [0, 0.1) is 10.1 Å². The number of nitro groups is 1. The first kappa shape index (κ1) is 16.3. The number of hydrogen-bond donors (Lipinski definition) is 0. The fraction of sp³-hybridized carbons (Fsp3) is 0.154. The van der Waals surface area contributed by atoms with E-state index in [1.807, 2.05) is 0 Å². The van der Waals surface area contributed by atoms with Crippen LogP contribution in [0.1, 0.15) is 6.92 Å². The van der Waals surface area contributed by atoms with Crippen LogP contribution < -0.4 is 0 Å². The molecule has 2 rings (SSSR count).